The van der Waals surface area contributed by atoms with E-state index in [2.05, 4.69) is 25.1 Å². The lowest BCUT2D eigenvalue weighted by Gasteiger charge is -2.47. The van der Waals surface area contributed by atoms with E-state index in [-0.39, 0.29) is 0 Å². The quantitative estimate of drug-likeness (QED) is 0.861. The monoisotopic (exact) mass is 290 g/mol. The average Bonchev–Trinajstić information content (AvgIpc) is 2.46. The molecule has 6 heteroatoms. The fourth-order valence-electron chi connectivity index (χ4n) is 3.34. The molecular weight excluding hydrogens is 264 g/mol. The highest BCUT2D eigenvalue weighted by Crippen LogP contribution is 2.28. The second kappa shape index (κ2) is 6.15. The molecule has 1 aromatic heterocycles. The number of nitrogens with one attached hydrogen (secondary N) is 1. The minimum absolute atomic E-state index is 0.496. The van der Waals surface area contributed by atoms with Gasteiger partial charge >= 0.3 is 0 Å². The van der Waals surface area contributed by atoms with Crippen LogP contribution in [0.2, 0.25) is 0 Å². The number of piperidine rings is 1. The number of anilines is 2. The maximum Gasteiger partial charge on any atom is 0.224 e. The summed E-state index contributed by atoms with van der Waals surface area (Å²) in [6.45, 7) is 7.14. The molecule has 2 fully saturated rings. The van der Waals surface area contributed by atoms with E-state index in [4.69, 9.17) is 5.73 Å². The Labute approximate surface area is 126 Å². The first-order valence-corrected chi connectivity index (χ1v) is 7.97. The molecule has 6 nitrogen and oxygen atoms in total. The van der Waals surface area contributed by atoms with Crippen LogP contribution in [0.5, 0.6) is 0 Å². The third-order valence-electron chi connectivity index (χ3n) is 4.69. The van der Waals surface area contributed by atoms with E-state index < -0.39 is 0 Å². The van der Waals surface area contributed by atoms with E-state index in [1.165, 1.54) is 32.4 Å². The number of hydrogen-bond donors (Lipinski definition) is 2. The molecule has 0 spiro atoms. The molecule has 0 radical (unpaired) electrons. The van der Waals surface area contributed by atoms with Crippen molar-refractivity contribution in [2.75, 3.05) is 43.4 Å². The molecule has 0 atom stereocenters. The van der Waals surface area contributed by atoms with Gasteiger partial charge in [-0.15, -0.1) is 0 Å². The van der Waals surface area contributed by atoms with Crippen molar-refractivity contribution in [3.63, 3.8) is 0 Å². The summed E-state index contributed by atoms with van der Waals surface area (Å²) >= 11 is 0. The van der Waals surface area contributed by atoms with Crippen LogP contribution in [0.15, 0.2) is 0 Å². The van der Waals surface area contributed by atoms with Gasteiger partial charge in [0.15, 0.2) is 0 Å². The summed E-state index contributed by atoms with van der Waals surface area (Å²) in [6, 6.07) is 0.684. The first-order valence-electron chi connectivity index (χ1n) is 7.97. The second-order valence-corrected chi connectivity index (χ2v) is 6.04. The summed E-state index contributed by atoms with van der Waals surface area (Å²) in [5.74, 6) is 1.70. The van der Waals surface area contributed by atoms with E-state index in [9.17, 15) is 0 Å². The van der Waals surface area contributed by atoms with Gasteiger partial charge < -0.3 is 16.0 Å². The number of nitrogens with zero attached hydrogens (tertiary/aromatic N) is 4. The lowest BCUT2D eigenvalue weighted by atomic mass is 10.0. The summed E-state index contributed by atoms with van der Waals surface area (Å²) in [4.78, 5) is 14.0. The van der Waals surface area contributed by atoms with Crippen molar-refractivity contribution < 1.29 is 0 Å². The van der Waals surface area contributed by atoms with Crippen LogP contribution >= 0.6 is 0 Å². The van der Waals surface area contributed by atoms with Crippen molar-refractivity contribution in [1.29, 1.82) is 0 Å². The molecule has 0 unspecified atom stereocenters. The molecule has 2 aliphatic rings. The molecule has 3 heterocycles. The Balaban J connectivity index is 1.72. The van der Waals surface area contributed by atoms with E-state index in [1.807, 2.05) is 14.0 Å². The average molecular weight is 290 g/mol. The first-order chi connectivity index (χ1) is 10.2. The highest BCUT2D eigenvalue weighted by Gasteiger charge is 2.34. The predicted octanol–water partition coefficient (Wildman–Crippen LogP) is 0.960. The van der Waals surface area contributed by atoms with Gasteiger partial charge in [-0.2, -0.15) is 4.98 Å². The van der Waals surface area contributed by atoms with Crippen LogP contribution in [0, 0.1) is 6.92 Å². The molecule has 2 saturated heterocycles. The van der Waals surface area contributed by atoms with Crippen molar-refractivity contribution >= 4 is 11.8 Å². The summed E-state index contributed by atoms with van der Waals surface area (Å²) in [7, 11) is 1.85. The summed E-state index contributed by atoms with van der Waals surface area (Å²) in [5, 5.41) is 3.04. The Kier molecular flexibility index (Phi) is 4.26. The van der Waals surface area contributed by atoms with Crippen molar-refractivity contribution in [3.8, 4) is 0 Å². The van der Waals surface area contributed by atoms with Gasteiger partial charge in [-0.1, -0.05) is 6.42 Å². The van der Waals surface area contributed by atoms with Crippen molar-refractivity contribution in [1.82, 2.24) is 14.9 Å². The van der Waals surface area contributed by atoms with Crippen molar-refractivity contribution in [3.05, 3.63) is 11.3 Å². The minimum Gasteiger partial charge on any atom is -0.357 e. The van der Waals surface area contributed by atoms with E-state index >= 15 is 0 Å². The molecular formula is C15H26N6. The van der Waals surface area contributed by atoms with Crippen LogP contribution in [-0.2, 0) is 6.54 Å². The van der Waals surface area contributed by atoms with Gasteiger partial charge in [0.2, 0.25) is 5.95 Å². The molecule has 1 aromatic rings. The zero-order chi connectivity index (χ0) is 14.8. The maximum atomic E-state index is 5.90. The predicted molar refractivity (Wildman–Crippen MR) is 85.6 cm³/mol. The standard InChI is InChI=1S/C15H26N6/c1-11-13(8-16)14(19-15(17-2)18-11)21-9-12(10-21)20-6-4-3-5-7-20/h12H,3-10,16H2,1-2H3,(H,17,18,19). The maximum absolute atomic E-state index is 5.90. The Morgan fingerprint density at radius 3 is 2.52 bits per heavy atom. The fourth-order valence-corrected chi connectivity index (χ4v) is 3.34. The van der Waals surface area contributed by atoms with E-state index in [0.29, 0.717) is 18.5 Å². The molecule has 0 aromatic carbocycles. The van der Waals surface area contributed by atoms with E-state index in [0.717, 1.165) is 30.2 Å². The van der Waals surface area contributed by atoms with Crippen LogP contribution < -0.4 is 16.0 Å². The molecule has 0 saturated carbocycles. The summed E-state index contributed by atoms with van der Waals surface area (Å²) < 4.78 is 0. The summed E-state index contributed by atoms with van der Waals surface area (Å²) in [6.07, 6.45) is 4.09. The molecule has 3 N–H and O–H groups in total. The lowest BCUT2D eigenvalue weighted by molar-refractivity contribution is 0.138. The molecule has 3 rings (SSSR count). The smallest absolute Gasteiger partial charge is 0.224 e. The topological polar surface area (TPSA) is 70.3 Å². The van der Waals surface area contributed by atoms with Crippen molar-refractivity contribution in [2.45, 2.75) is 38.8 Å². The highest BCUT2D eigenvalue weighted by atomic mass is 15.3. The molecule has 0 bridgehead atoms. The number of aryl methyl sites for hydroxylation is 1. The van der Waals surface area contributed by atoms with Crippen LogP contribution in [0.3, 0.4) is 0 Å². The SMILES string of the molecule is CNc1nc(C)c(CN)c(N2CC(N3CCCCC3)C2)n1. The summed E-state index contributed by atoms with van der Waals surface area (Å²) in [5.41, 5.74) is 7.95. The molecule has 2 aliphatic heterocycles. The Bertz CT molecular complexity index is 491. The lowest BCUT2D eigenvalue weighted by Crippen LogP contribution is -2.61. The Hall–Kier alpha value is -1.40. The first kappa shape index (κ1) is 14.5. The number of aromatic nitrogens is 2. The van der Waals surface area contributed by atoms with Gasteiger partial charge in [-0.05, 0) is 32.9 Å². The van der Waals surface area contributed by atoms with Gasteiger partial charge in [0.05, 0.1) is 0 Å². The minimum atomic E-state index is 0.496. The van der Waals surface area contributed by atoms with Gasteiger partial charge in [0.25, 0.3) is 0 Å². The Morgan fingerprint density at radius 2 is 1.90 bits per heavy atom. The molecule has 116 valence electrons. The number of hydrogen-bond acceptors (Lipinski definition) is 6. The van der Waals surface area contributed by atoms with Crippen LogP contribution in [0.4, 0.5) is 11.8 Å². The molecule has 0 aliphatic carbocycles. The van der Waals surface area contributed by atoms with Gasteiger partial charge in [-0.25, -0.2) is 4.98 Å². The fraction of sp³-hybridized carbons (Fsp3) is 0.733. The number of nitrogens with two attached hydrogens (primary N) is 1. The van der Waals surface area contributed by atoms with Crippen LogP contribution in [0.1, 0.15) is 30.5 Å². The zero-order valence-corrected chi connectivity index (χ0v) is 13.1. The van der Waals surface area contributed by atoms with Crippen LogP contribution in [-0.4, -0.2) is 54.1 Å². The third-order valence-corrected chi connectivity index (χ3v) is 4.69. The zero-order valence-electron chi connectivity index (χ0n) is 13.1. The third kappa shape index (κ3) is 2.82. The molecule has 0 amide bonds. The Morgan fingerprint density at radius 1 is 1.19 bits per heavy atom. The molecule has 21 heavy (non-hydrogen) atoms. The van der Waals surface area contributed by atoms with Gasteiger partial charge in [0, 0.05) is 44.0 Å². The van der Waals surface area contributed by atoms with Gasteiger partial charge in [-0.3, -0.25) is 4.90 Å². The normalized spacial score (nSPS) is 20.4. The van der Waals surface area contributed by atoms with E-state index in [1.54, 1.807) is 0 Å². The number of rotatable bonds is 4. The van der Waals surface area contributed by atoms with Crippen molar-refractivity contribution in [2.24, 2.45) is 5.73 Å². The highest BCUT2D eigenvalue weighted by molar-refractivity contribution is 5.54. The largest absolute Gasteiger partial charge is 0.357 e. The number of likely N-dealkylation sites (tertiary alicyclic amines) is 1. The second-order valence-electron chi connectivity index (χ2n) is 6.04. The van der Waals surface area contributed by atoms with Gasteiger partial charge in [0.1, 0.15) is 5.82 Å². The van der Waals surface area contributed by atoms with Crippen LogP contribution in [0.25, 0.3) is 0 Å².